The zero-order valence-corrected chi connectivity index (χ0v) is 17.3. The van der Waals surface area contributed by atoms with Crippen LogP contribution in [0.25, 0.3) is 22.3 Å². The molecule has 4 rings (SSSR count). The molecule has 7 heteroatoms. The summed E-state index contributed by atoms with van der Waals surface area (Å²) in [6.45, 7) is 4.46. The van der Waals surface area contributed by atoms with E-state index in [0.717, 1.165) is 37.5 Å². The topological polar surface area (TPSA) is 63.6 Å². The van der Waals surface area contributed by atoms with E-state index in [1.807, 2.05) is 59.2 Å². The van der Waals surface area contributed by atoms with Gasteiger partial charge in [-0.25, -0.2) is 0 Å². The summed E-state index contributed by atoms with van der Waals surface area (Å²) in [6, 6.07) is 17.4. The van der Waals surface area contributed by atoms with E-state index in [1.165, 1.54) is 0 Å². The number of thioether (sulfide) groups is 1. The maximum atomic E-state index is 12.0. The van der Waals surface area contributed by atoms with Gasteiger partial charge in [0.2, 0.25) is 5.56 Å². The average Bonchev–Trinajstić information content (AvgIpc) is 3.09. The van der Waals surface area contributed by atoms with Gasteiger partial charge < -0.3 is 4.98 Å². The highest BCUT2D eigenvalue weighted by atomic mass is 79.9. The van der Waals surface area contributed by atoms with Gasteiger partial charge in [-0.3, -0.25) is 9.36 Å². The van der Waals surface area contributed by atoms with Crippen molar-refractivity contribution < 1.29 is 0 Å². The van der Waals surface area contributed by atoms with Crippen molar-refractivity contribution in [1.82, 2.24) is 19.7 Å². The Morgan fingerprint density at radius 3 is 2.82 bits per heavy atom. The third-order valence-electron chi connectivity index (χ3n) is 4.30. The monoisotopic (exact) mass is 452 g/mol. The third-order valence-corrected chi connectivity index (χ3v) is 5.81. The summed E-state index contributed by atoms with van der Waals surface area (Å²) >= 11 is 5.07. The summed E-state index contributed by atoms with van der Waals surface area (Å²) in [7, 11) is 0. The lowest BCUT2D eigenvalue weighted by Gasteiger charge is -2.09. The van der Waals surface area contributed by atoms with E-state index in [-0.39, 0.29) is 5.56 Å². The Morgan fingerprint density at radius 2 is 2.00 bits per heavy atom. The van der Waals surface area contributed by atoms with E-state index in [1.54, 1.807) is 17.8 Å². The van der Waals surface area contributed by atoms with Gasteiger partial charge in [0.1, 0.15) is 0 Å². The first-order chi connectivity index (χ1) is 13.7. The Bertz CT molecular complexity index is 1210. The Kier molecular flexibility index (Phi) is 5.45. The van der Waals surface area contributed by atoms with Crippen molar-refractivity contribution in [3.8, 4) is 11.4 Å². The number of nitrogens with zero attached hydrogens (tertiary/aromatic N) is 3. The molecule has 2 aromatic carbocycles. The first kappa shape index (κ1) is 18.7. The predicted molar refractivity (Wildman–Crippen MR) is 117 cm³/mol. The molecule has 0 radical (unpaired) electrons. The number of benzene rings is 2. The number of rotatable bonds is 6. The maximum Gasteiger partial charge on any atom is 0.248 e. The van der Waals surface area contributed by atoms with Crippen molar-refractivity contribution in [2.24, 2.45) is 0 Å². The highest BCUT2D eigenvalue weighted by molar-refractivity contribution is 9.10. The highest BCUT2D eigenvalue weighted by Gasteiger charge is 2.14. The molecule has 0 unspecified atom stereocenters. The Labute approximate surface area is 174 Å². The van der Waals surface area contributed by atoms with Crippen molar-refractivity contribution in [2.75, 3.05) is 0 Å². The summed E-state index contributed by atoms with van der Waals surface area (Å²) in [5.74, 6) is 1.41. The molecule has 140 valence electrons. The number of H-pyrrole nitrogens is 1. The van der Waals surface area contributed by atoms with Crippen LogP contribution in [0.5, 0.6) is 0 Å². The van der Waals surface area contributed by atoms with Crippen molar-refractivity contribution in [2.45, 2.75) is 17.5 Å². The number of halogens is 1. The molecular formula is C21H17BrN4OS. The van der Waals surface area contributed by atoms with Crippen molar-refractivity contribution in [1.29, 1.82) is 0 Å². The lowest BCUT2D eigenvalue weighted by atomic mass is 10.1. The molecule has 5 nitrogen and oxygen atoms in total. The molecule has 2 heterocycles. The molecule has 0 amide bonds. The fraction of sp³-hybridized carbons (Fsp3) is 0.0952. The van der Waals surface area contributed by atoms with Gasteiger partial charge in [-0.2, -0.15) is 0 Å². The van der Waals surface area contributed by atoms with E-state index in [0.29, 0.717) is 12.3 Å². The van der Waals surface area contributed by atoms with Gasteiger partial charge in [-0.05, 0) is 23.8 Å². The molecular weight excluding hydrogens is 436 g/mol. The quantitative estimate of drug-likeness (QED) is 0.329. The fourth-order valence-corrected chi connectivity index (χ4v) is 4.41. The molecule has 0 fully saturated rings. The number of aromatic nitrogens is 4. The van der Waals surface area contributed by atoms with Gasteiger partial charge in [0.25, 0.3) is 0 Å². The molecule has 28 heavy (non-hydrogen) atoms. The van der Waals surface area contributed by atoms with Gasteiger partial charge in [-0.1, -0.05) is 64.1 Å². The van der Waals surface area contributed by atoms with E-state index in [4.69, 9.17) is 0 Å². The molecule has 0 aliphatic rings. The summed E-state index contributed by atoms with van der Waals surface area (Å²) in [5, 5.41) is 10.6. The maximum absolute atomic E-state index is 12.0. The third kappa shape index (κ3) is 3.81. The Morgan fingerprint density at radius 1 is 1.14 bits per heavy atom. The second kappa shape index (κ2) is 8.16. The normalized spacial score (nSPS) is 11.0. The smallest absolute Gasteiger partial charge is 0.248 e. The number of hydrogen-bond acceptors (Lipinski definition) is 4. The van der Waals surface area contributed by atoms with Crippen molar-refractivity contribution in [3.63, 3.8) is 0 Å². The van der Waals surface area contributed by atoms with E-state index in [9.17, 15) is 4.79 Å². The van der Waals surface area contributed by atoms with Crippen LogP contribution in [0.3, 0.4) is 0 Å². The van der Waals surface area contributed by atoms with Crippen LogP contribution in [0.1, 0.15) is 5.56 Å². The largest absolute Gasteiger partial charge is 0.322 e. The van der Waals surface area contributed by atoms with Gasteiger partial charge in [0, 0.05) is 39.3 Å². The molecule has 0 spiro atoms. The van der Waals surface area contributed by atoms with Crippen LogP contribution < -0.4 is 5.56 Å². The molecule has 0 aliphatic carbocycles. The highest BCUT2D eigenvalue weighted by Crippen LogP contribution is 2.29. The number of nitrogens with one attached hydrogen (secondary N) is 1. The van der Waals surface area contributed by atoms with E-state index >= 15 is 0 Å². The van der Waals surface area contributed by atoms with Crippen LogP contribution in [0.15, 0.2) is 81.7 Å². The Balaban J connectivity index is 1.68. The number of fused-ring (bicyclic) bond motifs is 1. The molecule has 4 aromatic rings. The number of para-hydroxylation sites is 1. The lowest BCUT2D eigenvalue weighted by Crippen LogP contribution is -2.06. The van der Waals surface area contributed by atoms with Crippen LogP contribution in [0, 0.1) is 0 Å². The molecule has 0 bridgehead atoms. The molecule has 0 saturated heterocycles. The van der Waals surface area contributed by atoms with E-state index < -0.39 is 0 Å². The second-order valence-electron chi connectivity index (χ2n) is 6.21. The van der Waals surface area contributed by atoms with Gasteiger partial charge in [0.05, 0.1) is 0 Å². The SMILES string of the molecule is C=CCn1c(SCc2cc(=O)[nH]c3ccccc23)nnc1-c1cccc(Br)c1. The predicted octanol–water partition coefficient (Wildman–Crippen LogP) is 5.03. The fourth-order valence-electron chi connectivity index (χ4n) is 3.07. The summed E-state index contributed by atoms with van der Waals surface area (Å²) in [4.78, 5) is 14.9. The number of allylic oxidation sites excluding steroid dienone is 1. The summed E-state index contributed by atoms with van der Waals surface area (Å²) < 4.78 is 3.02. The summed E-state index contributed by atoms with van der Waals surface area (Å²) in [6.07, 6.45) is 1.83. The molecule has 1 N–H and O–H groups in total. The minimum absolute atomic E-state index is 0.100. The van der Waals surface area contributed by atoms with Crippen LogP contribution in [0.4, 0.5) is 0 Å². The average molecular weight is 453 g/mol. The minimum Gasteiger partial charge on any atom is -0.322 e. The molecule has 2 aromatic heterocycles. The zero-order valence-electron chi connectivity index (χ0n) is 14.9. The lowest BCUT2D eigenvalue weighted by molar-refractivity contribution is 0.731. The molecule has 0 saturated carbocycles. The van der Waals surface area contributed by atoms with Crippen molar-refractivity contribution >= 4 is 38.6 Å². The first-order valence-electron chi connectivity index (χ1n) is 8.69. The first-order valence-corrected chi connectivity index (χ1v) is 10.5. The molecule has 0 aliphatic heterocycles. The van der Waals surface area contributed by atoms with Crippen LogP contribution >= 0.6 is 27.7 Å². The van der Waals surface area contributed by atoms with Crippen LogP contribution in [-0.4, -0.2) is 19.7 Å². The van der Waals surface area contributed by atoms with Crippen molar-refractivity contribution in [3.05, 3.63) is 87.6 Å². The number of pyridine rings is 1. The van der Waals surface area contributed by atoms with Crippen LogP contribution in [-0.2, 0) is 12.3 Å². The Hall–Kier alpha value is -2.64. The van der Waals surface area contributed by atoms with Gasteiger partial charge in [-0.15, -0.1) is 16.8 Å². The summed E-state index contributed by atoms with van der Waals surface area (Å²) in [5.41, 5.74) is 2.70. The van der Waals surface area contributed by atoms with E-state index in [2.05, 4.69) is 37.7 Å². The second-order valence-corrected chi connectivity index (χ2v) is 8.07. The van der Waals surface area contributed by atoms with Crippen LogP contribution in [0.2, 0.25) is 0 Å². The number of hydrogen-bond donors (Lipinski definition) is 1. The standard InChI is InChI=1S/C21H17BrN4OS/c1-2-10-26-20(14-6-5-7-16(22)11-14)24-25-21(26)28-13-15-12-19(27)23-18-9-4-3-8-17(15)18/h2-9,11-12H,1,10,13H2,(H,23,27). The molecule has 0 atom stereocenters. The zero-order chi connectivity index (χ0) is 19.5. The van der Waals surface area contributed by atoms with Gasteiger partial charge in [0.15, 0.2) is 11.0 Å². The number of aromatic amines is 1. The minimum atomic E-state index is -0.100. The van der Waals surface area contributed by atoms with Gasteiger partial charge >= 0.3 is 0 Å².